The Labute approximate surface area is 104 Å². The lowest BCUT2D eigenvalue weighted by molar-refractivity contribution is 0.280. The summed E-state index contributed by atoms with van der Waals surface area (Å²) in [6.07, 6.45) is 3.92. The van der Waals surface area contributed by atoms with Gasteiger partial charge in [-0.3, -0.25) is 0 Å². The average Bonchev–Trinajstić information content (AvgIpc) is 2.56. The van der Waals surface area contributed by atoms with Gasteiger partial charge in [-0.25, -0.2) is 4.99 Å². The van der Waals surface area contributed by atoms with Crippen LogP contribution in [0, 0.1) is 0 Å². The van der Waals surface area contributed by atoms with Gasteiger partial charge >= 0.3 is 0 Å². The van der Waals surface area contributed by atoms with Gasteiger partial charge < -0.3 is 4.74 Å². The van der Waals surface area contributed by atoms with Crippen LogP contribution in [0.5, 0.6) is 0 Å². The molecule has 0 aromatic heterocycles. The second kappa shape index (κ2) is 4.42. The lowest BCUT2D eigenvalue weighted by Crippen LogP contribution is -2.17. The van der Waals surface area contributed by atoms with Crippen LogP contribution < -0.4 is 0 Å². The molecule has 0 bridgehead atoms. The van der Waals surface area contributed by atoms with Crippen molar-refractivity contribution >= 4 is 27.9 Å². The van der Waals surface area contributed by atoms with Crippen molar-refractivity contribution in [2.75, 3.05) is 6.61 Å². The summed E-state index contributed by atoms with van der Waals surface area (Å²) in [5, 5.41) is 0. The SMILES string of the molecule is CC1(C)COC(/C=C/c2cccc(Br)c2)=N1. The summed E-state index contributed by atoms with van der Waals surface area (Å²) in [5.74, 6) is 0.713. The molecule has 84 valence electrons. The summed E-state index contributed by atoms with van der Waals surface area (Å²) in [7, 11) is 0. The highest BCUT2D eigenvalue weighted by molar-refractivity contribution is 9.10. The zero-order chi connectivity index (χ0) is 11.6. The molecule has 0 aliphatic carbocycles. The Bertz CT molecular complexity index is 449. The zero-order valence-electron chi connectivity index (χ0n) is 9.40. The summed E-state index contributed by atoms with van der Waals surface area (Å²) in [6, 6.07) is 8.11. The molecule has 0 atom stereocenters. The predicted octanol–water partition coefficient (Wildman–Crippen LogP) is 3.67. The van der Waals surface area contributed by atoms with Gasteiger partial charge in [0.25, 0.3) is 0 Å². The summed E-state index contributed by atoms with van der Waals surface area (Å²) in [6.45, 7) is 4.78. The molecule has 1 aliphatic rings. The van der Waals surface area contributed by atoms with E-state index in [9.17, 15) is 0 Å². The van der Waals surface area contributed by atoms with E-state index in [4.69, 9.17) is 4.74 Å². The number of benzene rings is 1. The quantitative estimate of drug-likeness (QED) is 0.810. The Morgan fingerprint density at radius 2 is 2.19 bits per heavy atom. The van der Waals surface area contributed by atoms with Crippen LogP contribution in [-0.2, 0) is 4.74 Å². The predicted molar refractivity (Wildman–Crippen MR) is 70.6 cm³/mol. The minimum absolute atomic E-state index is 0.0864. The average molecular weight is 280 g/mol. The number of nitrogens with zero attached hydrogens (tertiary/aromatic N) is 1. The number of ether oxygens (including phenoxy) is 1. The van der Waals surface area contributed by atoms with Crippen molar-refractivity contribution in [2.24, 2.45) is 4.99 Å². The van der Waals surface area contributed by atoms with E-state index in [1.54, 1.807) is 0 Å². The van der Waals surface area contributed by atoms with Crippen LogP contribution >= 0.6 is 15.9 Å². The summed E-state index contributed by atoms with van der Waals surface area (Å²) >= 11 is 3.44. The molecule has 1 aliphatic heterocycles. The third-order valence-corrected chi connectivity index (χ3v) is 2.75. The van der Waals surface area contributed by atoms with Crippen molar-refractivity contribution in [3.05, 3.63) is 40.4 Å². The normalized spacial score (nSPS) is 18.6. The molecule has 0 spiro atoms. The fourth-order valence-electron chi connectivity index (χ4n) is 1.48. The molecular formula is C13H14BrNO. The van der Waals surface area contributed by atoms with E-state index in [1.807, 2.05) is 30.4 Å². The van der Waals surface area contributed by atoms with Crippen LogP contribution in [0.3, 0.4) is 0 Å². The van der Waals surface area contributed by atoms with E-state index in [1.165, 1.54) is 0 Å². The summed E-state index contributed by atoms with van der Waals surface area (Å²) < 4.78 is 6.55. The third-order valence-electron chi connectivity index (χ3n) is 2.25. The minimum Gasteiger partial charge on any atom is -0.475 e. The topological polar surface area (TPSA) is 21.6 Å². The Morgan fingerprint density at radius 1 is 1.38 bits per heavy atom. The fraction of sp³-hybridized carbons (Fsp3) is 0.308. The van der Waals surface area contributed by atoms with Crippen molar-refractivity contribution < 1.29 is 4.74 Å². The Balaban J connectivity index is 2.11. The molecule has 0 fully saturated rings. The van der Waals surface area contributed by atoms with E-state index in [2.05, 4.69) is 40.8 Å². The Hall–Kier alpha value is -1.09. The smallest absolute Gasteiger partial charge is 0.209 e. The van der Waals surface area contributed by atoms with Crippen molar-refractivity contribution in [1.82, 2.24) is 0 Å². The molecule has 1 aromatic carbocycles. The van der Waals surface area contributed by atoms with Crippen molar-refractivity contribution in [3.8, 4) is 0 Å². The molecule has 0 amide bonds. The van der Waals surface area contributed by atoms with Gasteiger partial charge in [0.1, 0.15) is 6.61 Å². The largest absolute Gasteiger partial charge is 0.475 e. The molecule has 0 N–H and O–H groups in total. The highest BCUT2D eigenvalue weighted by Gasteiger charge is 2.24. The van der Waals surface area contributed by atoms with E-state index in [-0.39, 0.29) is 5.54 Å². The van der Waals surface area contributed by atoms with Crippen molar-refractivity contribution in [2.45, 2.75) is 19.4 Å². The van der Waals surface area contributed by atoms with Crippen LogP contribution in [0.2, 0.25) is 0 Å². The van der Waals surface area contributed by atoms with Gasteiger partial charge in [0.05, 0.1) is 5.54 Å². The first kappa shape index (κ1) is 11.4. The lowest BCUT2D eigenvalue weighted by Gasteiger charge is -2.07. The maximum Gasteiger partial charge on any atom is 0.209 e. The molecule has 0 saturated heterocycles. The molecule has 0 unspecified atom stereocenters. The lowest BCUT2D eigenvalue weighted by atomic mass is 10.1. The number of aliphatic imine (C=N–C) groups is 1. The standard InChI is InChI=1S/C13H14BrNO/c1-13(2)9-16-12(15-13)7-6-10-4-3-5-11(14)8-10/h3-8H,9H2,1-2H3/b7-6+. The van der Waals surface area contributed by atoms with Crippen molar-refractivity contribution in [1.29, 1.82) is 0 Å². The number of halogens is 1. The monoisotopic (exact) mass is 279 g/mol. The van der Waals surface area contributed by atoms with Crippen LogP contribution in [0.25, 0.3) is 6.08 Å². The highest BCUT2D eigenvalue weighted by Crippen LogP contribution is 2.18. The molecule has 0 saturated carbocycles. The number of rotatable bonds is 2. The van der Waals surface area contributed by atoms with Gasteiger partial charge in [-0.2, -0.15) is 0 Å². The second-order valence-electron chi connectivity index (χ2n) is 4.44. The molecule has 2 rings (SSSR count). The van der Waals surface area contributed by atoms with E-state index < -0.39 is 0 Å². The number of hydrogen-bond acceptors (Lipinski definition) is 2. The minimum atomic E-state index is -0.0864. The summed E-state index contributed by atoms with van der Waals surface area (Å²) in [4.78, 5) is 4.45. The first-order valence-electron chi connectivity index (χ1n) is 5.21. The van der Waals surface area contributed by atoms with Crippen LogP contribution in [0.15, 0.2) is 39.8 Å². The van der Waals surface area contributed by atoms with Gasteiger partial charge in [-0.15, -0.1) is 0 Å². The van der Waals surface area contributed by atoms with Gasteiger partial charge in [-0.1, -0.05) is 28.1 Å². The van der Waals surface area contributed by atoms with Crippen LogP contribution in [-0.4, -0.2) is 18.0 Å². The first-order valence-corrected chi connectivity index (χ1v) is 6.01. The molecule has 0 radical (unpaired) electrons. The maximum atomic E-state index is 5.47. The van der Waals surface area contributed by atoms with Gasteiger partial charge in [0.15, 0.2) is 0 Å². The molecule has 3 heteroatoms. The van der Waals surface area contributed by atoms with Crippen LogP contribution in [0.4, 0.5) is 0 Å². The van der Waals surface area contributed by atoms with Gasteiger partial charge in [0, 0.05) is 10.5 Å². The Morgan fingerprint density at radius 3 is 2.81 bits per heavy atom. The molecule has 1 aromatic rings. The number of hydrogen-bond donors (Lipinski definition) is 0. The maximum absolute atomic E-state index is 5.47. The van der Waals surface area contributed by atoms with Gasteiger partial charge in [0.2, 0.25) is 5.90 Å². The summed E-state index contributed by atoms with van der Waals surface area (Å²) in [5.41, 5.74) is 1.04. The van der Waals surface area contributed by atoms with Gasteiger partial charge in [-0.05, 0) is 37.6 Å². The highest BCUT2D eigenvalue weighted by atomic mass is 79.9. The second-order valence-corrected chi connectivity index (χ2v) is 5.36. The van der Waals surface area contributed by atoms with E-state index in [0.29, 0.717) is 12.5 Å². The van der Waals surface area contributed by atoms with E-state index in [0.717, 1.165) is 10.0 Å². The molecule has 2 nitrogen and oxygen atoms in total. The van der Waals surface area contributed by atoms with Crippen molar-refractivity contribution in [3.63, 3.8) is 0 Å². The molecule has 1 heterocycles. The Kier molecular flexibility index (Phi) is 3.15. The van der Waals surface area contributed by atoms with E-state index >= 15 is 0 Å². The fourth-order valence-corrected chi connectivity index (χ4v) is 1.89. The first-order chi connectivity index (χ1) is 7.55. The van der Waals surface area contributed by atoms with Crippen LogP contribution in [0.1, 0.15) is 19.4 Å². The molecule has 16 heavy (non-hydrogen) atoms. The molecular weight excluding hydrogens is 266 g/mol. The third kappa shape index (κ3) is 2.95. The zero-order valence-corrected chi connectivity index (χ0v) is 11.0.